The molecule has 1 aliphatic rings. The Bertz CT molecular complexity index is 919. The Labute approximate surface area is 163 Å². The molecule has 1 fully saturated rings. The predicted octanol–water partition coefficient (Wildman–Crippen LogP) is 2.73. The van der Waals surface area contributed by atoms with E-state index in [1.54, 1.807) is 0 Å². The molecular formula is C19H21ClN2O4S. The van der Waals surface area contributed by atoms with Crippen LogP contribution in [0.5, 0.6) is 0 Å². The number of hydrogen-bond acceptors (Lipinski definition) is 4. The zero-order valence-corrected chi connectivity index (χ0v) is 16.2. The van der Waals surface area contributed by atoms with Gasteiger partial charge >= 0.3 is 0 Å². The van der Waals surface area contributed by atoms with Crippen LogP contribution in [0.15, 0.2) is 48.5 Å². The summed E-state index contributed by atoms with van der Waals surface area (Å²) in [5.74, 6) is -0.342. The molecule has 2 aromatic carbocycles. The maximum atomic E-state index is 12.7. The standard InChI is InChI=1S/C19H21ClN2O4S/c20-16-9-8-15(12-18(16)22-10-4-5-11-27(22,25)26)19(24)21-17(13-23)14-6-2-1-3-7-14/h1-3,6-9,12,17,23H,4-5,10-11,13H2,(H,21,24)/t17-/m1/s1. The monoisotopic (exact) mass is 408 g/mol. The highest BCUT2D eigenvalue weighted by molar-refractivity contribution is 7.92. The van der Waals surface area contributed by atoms with Crippen molar-refractivity contribution < 1.29 is 18.3 Å². The molecule has 0 spiro atoms. The number of halogens is 1. The summed E-state index contributed by atoms with van der Waals surface area (Å²) in [6.45, 7) is 0.0904. The Morgan fingerprint density at radius 2 is 1.93 bits per heavy atom. The lowest BCUT2D eigenvalue weighted by atomic mass is 10.1. The van der Waals surface area contributed by atoms with Gasteiger partial charge in [-0.15, -0.1) is 0 Å². The summed E-state index contributed by atoms with van der Waals surface area (Å²) >= 11 is 6.21. The van der Waals surface area contributed by atoms with Crippen molar-refractivity contribution in [2.75, 3.05) is 23.2 Å². The van der Waals surface area contributed by atoms with Crippen LogP contribution in [0.3, 0.4) is 0 Å². The Kier molecular flexibility index (Phi) is 6.04. The van der Waals surface area contributed by atoms with Crippen molar-refractivity contribution in [3.8, 4) is 0 Å². The molecule has 0 saturated carbocycles. The summed E-state index contributed by atoms with van der Waals surface area (Å²) in [4.78, 5) is 12.7. The second-order valence-corrected chi connectivity index (χ2v) is 8.80. The van der Waals surface area contributed by atoms with Gasteiger partial charge in [-0.3, -0.25) is 9.10 Å². The van der Waals surface area contributed by atoms with Crippen LogP contribution in [-0.4, -0.2) is 38.3 Å². The number of nitrogens with one attached hydrogen (secondary N) is 1. The lowest BCUT2D eigenvalue weighted by Crippen LogP contribution is -2.38. The molecule has 6 nitrogen and oxygen atoms in total. The third-order valence-electron chi connectivity index (χ3n) is 4.52. The molecule has 0 aromatic heterocycles. The van der Waals surface area contributed by atoms with Gasteiger partial charge in [-0.1, -0.05) is 41.9 Å². The van der Waals surface area contributed by atoms with Gasteiger partial charge in [0.2, 0.25) is 10.0 Å². The second kappa shape index (κ2) is 8.29. The predicted molar refractivity (Wildman–Crippen MR) is 106 cm³/mol. The first-order chi connectivity index (χ1) is 12.9. The number of amides is 1. The number of aliphatic hydroxyl groups excluding tert-OH is 1. The van der Waals surface area contributed by atoms with E-state index in [1.807, 2.05) is 30.3 Å². The van der Waals surface area contributed by atoms with E-state index in [-0.39, 0.29) is 22.9 Å². The molecule has 0 aliphatic carbocycles. The summed E-state index contributed by atoms with van der Waals surface area (Å²) in [6.07, 6.45) is 1.36. The van der Waals surface area contributed by atoms with Gasteiger partial charge < -0.3 is 10.4 Å². The van der Waals surface area contributed by atoms with Crippen molar-refractivity contribution in [1.82, 2.24) is 5.32 Å². The van der Waals surface area contributed by atoms with Crippen molar-refractivity contribution in [2.45, 2.75) is 18.9 Å². The Morgan fingerprint density at radius 1 is 1.19 bits per heavy atom. The van der Waals surface area contributed by atoms with Crippen LogP contribution in [-0.2, 0) is 10.0 Å². The fourth-order valence-corrected chi connectivity index (χ4v) is 4.98. The zero-order valence-electron chi connectivity index (χ0n) is 14.6. The number of anilines is 1. The summed E-state index contributed by atoms with van der Waals surface area (Å²) in [5, 5.41) is 12.7. The van der Waals surface area contributed by atoms with E-state index in [0.717, 1.165) is 12.0 Å². The summed E-state index contributed by atoms with van der Waals surface area (Å²) in [7, 11) is -3.44. The second-order valence-electron chi connectivity index (χ2n) is 6.38. The molecule has 2 N–H and O–H groups in total. The third-order valence-corrected chi connectivity index (χ3v) is 6.69. The van der Waals surface area contributed by atoms with Gasteiger partial charge in [0, 0.05) is 12.1 Å². The van der Waals surface area contributed by atoms with Gasteiger partial charge in [-0.25, -0.2) is 8.42 Å². The number of nitrogens with zero attached hydrogens (tertiary/aromatic N) is 1. The van der Waals surface area contributed by atoms with Crippen molar-refractivity contribution in [1.29, 1.82) is 0 Å². The number of sulfonamides is 1. The van der Waals surface area contributed by atoms with Gasteiger partial charge in [0.1, 0.15) is 0 Å². The Balaban J connectivity index is 1.86. The van der Waals surface area contributed by atoms with E-state index < -0.39 is 22.0 Å². The molecule has 1 heterocycles. The largest absolute Gasteiger partial charge is 0.394 e. The van der Waals surface area contributed by atoms with Crippen molar-refractivity contribution in [3.63, 3.8) is 0 Å². The van der Waals surface area contributed by atoms with Gasteiger partial charge in [0.15, 0.2) is 0 Å². The van der Waals surface area contributed by atoms with Crippen molar-refractivity contribution in [2.24, 2.45) is 0 Å². The molecule has 3 rings (SSSR count). The number of carbonyl (C=O) groups excluding carboxylic acids is 1. The molecule has 8 heteroatoms. The van der Waals surface area contributed by atoms with E-state index in [1.165, 1.54) is 22.5 Å². The first-order valence-corrected chi connectivity index (χ1v) is 10.7. The van der Waals surface area contributed by atoms with Crippen LogP contribution in [0.25, 0.3) is 0 Å². The molecule has 0 unspecified atom stereocenters. The van der Waals surface area contributed by atoms with Gasteiger partial charge in [-0.2, -0.15) is 0 Å². The summed E-state index contributed by atoms with van der Waals surface area (Å²) in [6, 6.07) is 13.1. The number of aliphatic hydroxyl groups is 1. The molecule has 1 amide bonds. The average Bonchev–Trinajstić information content (AvgIpc) is 2.67. The Hall–Kier alpha value is -2.09. The van der Waals surface area contributed by atoms with Crippen molar-refractivity contribution >= 4 is 33.2 Å². The normalized spacial score (nSPS) is 17.3. The van der Waals surface area contributed by atoms with Gasteiger partial charge in [-0.05, 0) is 36.6 Å². The maximum absolute atomic E-state index is 12.7. The number of hydrogen-bond donors (Lipinski definition) is 2. The first kappa shape index (κ1) is 19.7. The van der Waals surface area contributed by atoms with E-state index in [4.69, 9.17) is 11.6 Å². The summed E-state index contributed by atoms with van der Waals surface area (Å²) in [5.41, 5.74) is 1.37. The molecule has 1 aliphatic heterocycles. The molecule has 2 aromatic rings. The van der Waals surface area contributed by atoms with E-state index in [0.29, 0.717) is 18.7 Å². The van der Waals surface area contributed by atoms with E-state index >= 15 is 0 Å². The fraction of sp³-hybridized carbons (Fsp3) is 0.316. The fourth-order valence-electron chi connectivity index (χ4n) is 3.07. The number of benzene rings is 2. The minimum absolute atomic E-state index is 0.0698. The molecule has 27 heavy (non-hydrogen) atoms. The lowest BCUT2D eigenvalue weighted by Gasteiger charge is -2.29. The molecule has 0 radical (unpaired) electrons. The molecule has 144 valence electrons. The quantitative estimate of drug-likeness (QED) is 0.796. The zero-order chi connectivity index (χ0) is 19.4. The van der Waals surface area contributed by atoms with Crippen LogP contribution in [0.2, 0.25) is 5.02 Å². The molecule has 0 bridgehead atoms. The number of carbonyl (C=O) groups is 1. The Morgan fingerprint density at radius 3 is 2.59 bits per heavy atom. The minimum Gasteiger partial charge on any atom is -0.394 e. The average molecular weight is 409 g/mol. The van der Waals surface area contributed by atoms with Crippen molar-refractivity contribution in [3.05, 3.63) is 64.7 Å². The van der Waals surface area contributed by atoms with Crippen LogP contribution < -0.4 is 9.62 Å². The highest BCUT2D eigenvalue weighted by atomic mass is 35.5. The van der Waals surface area contributed by atoms with Crippen LogP contribution in [0.4, 0.5) is 5.69 Å². The molecular weight excluding hydrogens is 388 g/mol. The minimum atomic E-state index is -3.44. The smallest absolute Gasteiger partial charge is 0.251 e. The van der Waals surface area contributed by atoms with Crippen LogP contribution in [0, 0.1) is 0 Å². The number of rotatable bonds is 5. The third kappa shape index (κ3) is 4.43. The van der Waals surface area contributed by atoms with E-state index in [2.05, 4.69) is 5.32 Å². The first-order valence-electron chi connectivity index (χ1n) is 8.69. The molecule has 1 saturated heterocycles. The highest BCUT2D eigenvalue weighted by Crippen LogP contribution is 2.31. The van der Waals surface area contributed by atoms with Gasteiger partial charge in [0.25, 0.3) is 5.91 Å². The van der Waals surface area contributed by atoms with Gasteiger partial charge in [0.05, 0.1) is 29.1 Å². The molecule has 1 atom stereocenters. The summed E-state index contributed by atoms with van der Waals surface area (Å²) < 4.78 is 26.0. The SMILES string of the molecule is O=C(N[C@H](CO)c1ccccc1)c1ccc(Cl)c(N2CCCCS2(=O)=O)c1. The van der Waals surface area contributed by atoms with Crippen LogP contribution >= 0.6 is 11.6 Å². The lowest BCUT2D eigenvalue weighted by molar-refractivity contribution is 0.0916. The van der Waals surface area contributed by atoms with Crippen LogP contribution in [0.1, 0.15) is 34.8 Å². The highest BCUT2D eigenvalue weighted by Gasteiger charge is 2.28. The maximum Gasteiger partial charge on any atom is 0.251 e. The topological polar surface area (TPSA) is 86.7 Å². The van der Waals surface area contributed by atoms with E-state index in [9.17, 15) is 18.3 Å².